The molecule has 4 heteroatoms. The van der Waals surface area contributed by atoms with Crippen molar-refractivity contribution in [2.75, 3.05) is 6.54 Å². The average Bonchev–Trinajstić information content (AvgIpc) is 2.35. The first kappa shape index (κ1) is 15.4. The molecule has 3 N–H and O–H groups in total. The molecule has 0 spiro atoms. The number of halogens is 2. The molecule has 1 aromatic rings. The van der Waals surface area contributed by atoms with E-state index in [2.05, 4.69) is 0 Å². The minimum Gasteiger partial charge on any atom is -0.392 e. The molecule has 0 aromatic heterocycles. The van der Waals surface area contributed by atoms with Crippen LogP contribution in [0.25, 0.3) is 0 Å². The molecule has 0 aliphatic carbocycles. The summed E-state index contributed by atoms with van der Waals surface area (Å²) in [5.41, 5.74) is 5.77. The Morgan fingerprint density at radius 1 is 1.44 bits per heavy atom. The van der Waals surface area contributed by atoms with Crippen LogP contribution in [0.5, 0.6) is 0 Å². The van der Waals surface area contributed by atoms with E-state index in [0.717, 1.165) is 6.42 Å². The van der Waals surface area contributed by atoms with E-state index in [0.29, 0.717) is 5.56 Å². The predicted molar refractivity (Wildman–Crippen MR) is 73.3 cm³/mol. The number of aliphatic hydroxyl groups is 1. The van der Waals surface area contributed by atoms with Crippen LogP contribution in [0.4, 0.5) is 4.39 Å². The SMILES string of the molecule is CCC(C)(C)C(O)C(CN)c1cccc(Cl)c1F. The molecule has 0 saturated carbocycles. The van der Waals surface area contributed by atoms with Gasteiger partial charge in [0.25, 0.3) is 0 Å². The Bertz CT molecular complexity index is 409. The highest BCUT2D eigenvalue weighted by atomic mass is 35.5. The van der Waals surface area contributed by atoms with E-state index >= 15 is 0 Å². The maximum absolute atomic E-state index is 14.0. The summed E-state index contributed by atoms with van der Waals surface area (Å²) >= 11 is 5.77. The largest absolute Gasteiger partial charge is 0.392 e. The van der Waals surface area contributed by atoms with Crippen LogP contribution in [-0.2, 0) is 0 Å². The van der Waals surface area contributed by atoms with Gasteiger partial charge >= 0.3 is 0 Å². The number of hydrogen-bond donors (Lipinski definition) is 2. The molecule has 0 saturated heterocycles. The summed E-state index contributed by atoms with van der Waals surface area (Å²) in [5, 5.41) is 10.5. The van der Waals surface area contributed by atoms with Crippen molar-refractivity contribution in [3.05, 3.63) is 34.6 Å². The highest BCUT2D eigenvalue weighted by molar-refractivity contribution is 6.30. The van der Waals surface area contributed by atoms with E-state index in [1.165, 1.54) is 6.07 Å². The lowest BCUT2D eigenvalue weighted by Gasteiger charge is -2.35. The molecule has 1 rings (SSSR count). The zero-order valence-corrected chi connectivity index (χ0v) is 11.8. The summed E-state index contributed by atoms with van der Waals surface area (Å²) in [5.74, 6) is -0.931. The molecular formula is C14H21ClFNO. The van der Waals surface area contributed by atoms with Gasteiger partial charge in [-0.2, -0.15) is 0 Å². The van der Waals surface area contributed by atoms with Crippen LogP contribution in [0.3, 0.4) is 0 Å². The van der Waals surface area contributed by atoms with E-state index < -0.39 is 17.8 Å². The van der Waals surface area contributed by atoms with Gasteiger partial charge in [0.05, 0.1) is 11.1 Å². The average molecular weight is 274 g/mol. The number of aliphatic hydroxyl groups excluding tert-OH is 1. The third-order valence-electron chi connectivity index (χ3n) is 3.73. The highest BCUT2D eigenvalue weighted by Crippen LogP contribution is 2.36. The molecule has 0 aliphatic heterocycles. The van der Waals surface area contributed by atoms with Crippen molar-refractivity contribution in [2.24, 2.45) is 11.1 Å². The van der Waals surface area contributed by atoms with E-state index in [-0.39, 0.29) is 17.0 Å². The molecule has 0 amide bonds. The molecule has 2 unspecified atom stereocenters. The number of nitrogens with two attached hydrogens (primary N) is 1. The predicted octanol–water partition coefficient (Wildman–Crippen LogP) is 3.32. The van der Waals surface area contributed by atoms with Crippen LogP contribution in [0.2, 0.25) is 5.02 Å². The van der Waals surface area contributed by atoms with Crippen molar-refractivity contribution in [3.63, 3.8) is 0 Å². The topological polar surface area (TPSA) is 46.2 Å². The lowest BCUT2D eigenvalue weighted by atomic mass is 9.75. The number of hydrogen-bond acceptors (Lipinski definition) is 2. The van der Waals surface area contributed by atoms with Gasteiger partial charge in [0.1, 0.15) is 5.82 Å². The Kier molecular flexibility index (Phi) is 5.14. The zero-order chi connectivity index (χ0) is 13.9. The van der Waals surface area contributed by atoms with Gasteiger partial charge in [-0.05, 0) is 23.5 Å². The van der Waals surface area contributed by atoms with Gasteiger partial charge < -0.3 is 10.8 Å². The van der Waals surface area contributed by atoms with Gasteiger partial charge in [-0.25, -0.2) is 4.39 Å². The fourth-order valence-corrected chi connectivity index (χ4v) is 2.17. The summed E-state index contributed by atoms with van der Waals surface area (Å²) < 4.78 is 14.0. The Labute approximate surface area is 113 Å². The summed E-state index contributed by atoms with van der Waals surface area (Å²) in [4.78, 5) is 0. The van der Waals surface area contributed by atoms with Gasteiger partial charge in [0.15, 0.2) is 0 Å². The Morgan fingerprint density at radius 3 is 2.56 bits per heavy atom. The normalized spacial score (nSPS) is 15.5. The van der Waals surface area contributed by atoms with Crippen molar-refractivity contribution in [1.29, 1.82) is 0 Å². The summed E-state index contributed by atoms with van der Waals surface area (Å²) in [6, 6.07) is 4.80. The van der Waals surface area contributed by atoms with Gasteiger partial charge in [-0.1, -0.05) is 44.5 Å². The van der Waals surface area contributed by atoms with Crippen LogP contribution in [-0.4, -0.2) is 17.8 Å². The van der Waals surface area contributed by atoms with Crippen molar-refractivity contribution >= 4 is 11.6 Å². The van der Waals surface area contributed by atoms with Crippen LogP contribution in [0.15, 0.2) is 18.2 Å². The maximum Gasteiger partial charge on any atom is 0.145 e. The van der Waals surface area contributed by atoms with Crippen LogP contribution in [0.1, 0.15) is 38.7 Å². The van der Waals surface area contributed by atoms with Crippen LogP contribution >= 0.6 is 11.6 Å². The van der Waals surface area contributed by atoms with Crippen molar-refractivity contribution in [1.82, 2.24) is 0 Å². The first-order valence-electron chi connectivity index (χ1n) is 6.17. The van der Waals surface area contributed by atoms with Crippen molar-refractivity contribution in [2.45, 2.75) is 39.2 Å². The van der Waals surface area contributed by atoms with E-state index in [9.17, 15) is 9.50 Å². The summed E-state index contributed by atoms with van der Waals surface area (Å²) in [6.45, 7) is 6.07. The Balaban J connectivity index is 3.14. The first-order valence-corrected chi connectivity index (χ1v) is 6.55. The molecule has 1 aromatic carbocycles. The van der Waals surface area contributed by atoms with E-state index in [1.54, 1.807) is 12.1 Å². The van der Waals surface area contributed by atoms with E-state index in [1.807, 2.05) is 20.8 Å². The lowest BCUT2D eigenvalue weighted by molar-refractivity contribution is 0.0256. The third-order valence-corrected chi connectivity index (χ3v) is 4.02. The van der Waals surface area contributed by atoms with Crippen molar-refractivity contribution < 1.29 is 9.50 Å². The second-order valence-electron chi connectivity index (χ2n) is 5.27. The fourth-order valence-electron chi connectivity index (χ4n) is 1.99. The van der Waals surface area contributed by atoms with Gasteiger partial charge in [-0.15, -0.1) is 0 Å². The summed E-state index contributed by atoms with van der Waals surface area (Å²) in [7, 11) is 0. The first-order chi connectivity index (χ1) is 8.35. The fraction of sp³-hybridized carbons (Fsp3) is 0.571. The van der Waals surface area contributed by atoms with Crippen LogP contribution in [0, 0.1) is 11.2 Å². The number of benzene rings is 1. The van der Waals surface area contributed by atoms with Gasteiger partial charge in [0.2, 0.25) is 0 Å². The second kappa shape index (κ2) is 6.00. The molecular weight excluding hydrogens is 253 g/mol. The zero-order valence-electron chi connectivity index (χ0n) is 11.1. The molecule has 18 heavy (non-hydrogen) atoms. The minimum atomic E-state index is -0.708. The Morgan fingerprint density at radius 2 is 2.06 bits per heavy atom. The monoisotopic (exact) mass is 273 g/mol. The molecule has 0 bridgehead atoms. The molecule has 2 atom stereocenters. The van der Waals surface area contributed by atoms with Crippen molar-refractivity contribution in [3.8, 4) is 0 Å². The molecule has 0 aliphatic rings. The smallest absolute Gasteiger partial charge is 0.145 e. The quantitative estimate of drug-likeness (QED) is 0.864. The lowest BCUT2D eigenvalue weighted by Crippen LogP contribution is -2.38. The molecule has 0 radical (unpaired) electrons. The molecule has 102 valence electrons. The maximum atomic E-state index is 14.0. The molecule has 0 fully saturated rings. The Hall–Kier alpha value is -0.640. The van der Waals surface area contributed by atoms with Gasteiger partial charge in [0, 0.05) is 12.5 Å². The standard InChI is InChI=1S/C14H21ClFNO/c1-4-14(2,3)13(18)10(8-17)9-6-5-7-11(15)12(9)16/h5-7,10,13,18H,4,8,17H2,1-3H3. The minimum absolute atomic E-state index is 0.0625. The molecule has 2 nitrogen and oxygen atoms in total. The highest BCUT2D eigenvalue weighted by Gasteiger charge is 2.34. The third kappa shape index (κ3) is 3.02. The summed E-state index contributed by atoms with van der Waals surface area (Å²) in [6.07, 6.45) is 0.0767. The van der Waals surface area contributed by atoms with Crippen LogP contribution < -0.4 is 5.73 Å². The second-order valence-corrected chi connectivity index (χ2v) is 5.68. The molecule has 0 heterocycles. The number of rotatable bonds is 5. The van der Waals surface area contributed by atoms with E-state index in [4.69, 9.17) is 17.3 Å². The van der Waals surface area contributed by atoms with Gasteiger partial charge in [-0.3, -0.25) is 0 Å².